The van der Waals surface area contributed by atoms with Gasteiger partial charge >= 0.3 is 0 Å². The van der Waals surface area contributed by atoms with E-state index in [1.807, 2.05) is 47.7 Å². The van der Waals surface area contributed by atoms with Crippen molar-refractivity contribution >= 4 is 96.4 Å². The maximum absolute atomic E-state index is 5.28. The lowest BCUT2D eigenvalue weighted by Gasteiger charge is -2.21. The van der Waals surface area contributed by atoms with E-state index < -0.39 is 0 Å². The lowest BCUT2D eigenvalue weighted by atomic mass is 9.83. The first-order valence-electron chi connectivity index (χ1n) is 19.9. The van der Waals surface area contributed by atoms with Crippen molar-refractivity contribution in [2.75, 3.05) is 0 Å². The Morgan fingerprint density at radius 2 is 0.931 bits per heavy atom. The minimum atomic E-state index is 0.0355. The minimum absolute atomic E-state index is 0.0355. The smallest absolute Gasteiger partial charge is 0.238 e. The van der Waals surface area contributed by atoms with Crippen LogP contribution in [0, 0.1) is 0 Å². The van der Waals surface area contributed by atoms with Gasteiger partial charge in [0.25, 0.3) is 0 Å². The van der Waals surface area contributed by atoms with Crippen LogP contribution in [-0.4, -0.2) is 19.5 Å². The second-order valence-electron chi connectivity index (χ2n) is 16.4. The van der Waals surface area contributed by atoms with Crippen LogP contribution in [0.15, 0.2) is 164 Å². The van der Waals surface area contributed by atoms with Crippen molar-refractivity contribution in [3.8, 4) is 28.7 Å². The van der Waals surface area contributed by atoms with Crippen molar-refractivity contribution < 1.29 is 0 Å². The SMILES string of the molecule is CC(C)(C)c1ccc2c(c1)c1ccccc1c1c3sc4c(ccc5c6ccccc6n(-c6nc(-c7ccccc7)nc(-c7ccccc7)n6)c54)c3c3ccccc3c21. The number of nitrogens with zero attached hydrogens (tertiary/aromatic N) is 4. The number of para-hydroxylation sites is 1. The molecule has 0 saturated carbocycles. The summed E-state index contributed by atoms with van der Waals surface area (Å²) in [4.78, 5) is 15.6. The van der Waals surface area contributed by atoms with Gasteiger partial charge in [-0.2, -0.15) is 9.97 Å². The fourth-order valence-corrected chi connectivity index (χ4v) is 10.7. The van der Waals surface area contributed by atoms with Gasteiger partial charge in [0.15, 0.2) is 11.6 Å². The zero-order valence-electron chi connectivity index (χ0n) is 32.3. The molecule has 12 aromatic rings. The number of aromatic nitrogens is 4. The van der Waals surface area contributed by atoms with E-state index in [1.54, 1.807) is 0 Å². The topological polar surface area (TPSA) is 43.6 Å². The maximum atomic E-state index is 5.28. The predicted molar refractivity (Wildman–Crippen MR) is 247 cm³/mol. The Morgan fingerprint density at radius 1 is 0.414 bits per heavy atom. The van der Waals surface area contributed by atoms with E-state index >= 15 is 0 Å². The fourth-order valence-electron chi connectivity index (χ4n) is 9.24. The zero-order chi connectivity index (χ0) is 38.7. The van der Waals surface area contributed by atoms with Crippen molar-refractivity contribution in [1.29, 1.82) is 0 Å². The lowest BCUT2D eigenvalue weighted by molar-refractivity contribution is 0.591. The highest BCUT2D eigenvalue weighted by molar-refractivity contribution is 7.28. The molecule has 9 aromatic carbocycles. The average molecular weight is 761 g/mol. The molecule has 0 aliphatic rings. The molecule has 0 bridgehead atoms. The van der Waals surface area contributed by atoms with E-state index in [9.17, 15) is 0 Å². The summed E-state index contributed by atoms with van der Waals surface area (Å²) < 4.78 is 4.81. The summed E-state index contributed by atoms with van der Waals surface area (Å²) >= 11 is 1.90. The van der Waals surface area contributed by atoms with Crippen LogP contribution in [0.3, 0.4) is 0 Å². The third kappa shape index (κ3) is 4.77. The Bertz CT molecular complexity index is 3590. The Morgan fingerprint density at radius 3 is 1.59 bits per heavy atom. The summed E-state index contributed by atoms with van der Waals surface area (Å²) in [6.45, 7) is 6.90. The molecule has 0 radical (unpaired) electrons. The van der Waals surface area contributed by atoms with E-state index in [0.717, 1.165) is 22.2 Å². The van der Waals surface area contributed by atoms with Crippen LogP contribution >= 0.6 is 11.3 Å². The van der Waals surface area contributed by atoms with Gasteiger partial charge in [0, 0.05) is 42.8 Å². The monoisotopic (exact) mass is 760 g/mol. The lowest BCUT2D eigenvalue weighted by Crippen LogP contribution is -2.10. The van der Waals surface area contributed by atoms with Crippen LogP contribution in [0.1, 0.15) is 26.3 Å². The fraction of sp³-hybridized carbons (Fsp3) is 0.0755. The van der Waals surface area contributed by atoms with Gasteiger partial charge in [0.1, 0.15) is 0 Å². The largest absolute Gasteiger partial charge is 0.276 e. The van der Waals surface area contributed by atoms with Crippen LogP contribution in [0.4, 0.5) is 0 Å². The molecule has 5 heteroatoms. The van der Waals surface area contributed by atoms with Crippen molar-refractivity contribution in [2.45, 2.75) is 26.2 Å². The van der Waals surface area contributed by atoms with Gasteiger partial charge in [-0.1, -0.05) is 172 Å². The van der Waals surface area contributed by atoms with Crippen molar-refractivity contribution in [3.05, 3.63) is 169 Å². The molecule has 0 N–H and O–H groups in total. The first-order valence-corrected chi connectivity index (χ1v) is 20.7. The second-order valence-corrected chi connectivity index (χ2v) is 17.4. The standard InChI is InChI=1S/C53H36N4S/c1-53(2,3)33-26-27-39-42(30-33)34-20-10-11-22-36(34)46-44(39)37-23-12-13-24-38(37)45-41-29-28-40-35-21-14-15-25-43(35)57(47(40)48(41)58-49(45)46)52-55-50(31-16-6-4-7-17-31)54-51(56-52)32-18-8-5-9-19-32/h4-30H,1-3H3. The van der Waals surface area contributed by atoms with Gasteiger partial charge in [-0.3, -0.25) is 4.57 Å². The predicted octanol–water partition coefficient (Wildman–Crippen LogP) is 14.6. The molecule has 0 aliphatic heterocycles. The molecule has 4 nitrogen and oxygen atoms in total. The first kappa shape index (κ1) is 33.2. The van der Waals surface area contributed by atoms with E-state index in [0.29, 0.717) is 17.6 Å². The molecular formula is C53H36N4S. The van der Waals surface area contributed by atoms with Gasteiger partial charge in [0.05, 0.1) is 15.7 Å². The number of fused-ring (bicyclic) bond motifs is 17. The Hall–Kier alpha value is -6.95. The average Bonchev–Trinajstić information content (AvgIpc) is 3.83. The normalized spacial score (nSPS) is 12.4. The highest BCUT2D eigenvalue weighted by Crippen LogP contribution is 2.51. The molecule has 12 rings (SSSR count). The van der Waals surface area contributed by atoms with Crippen molar-refractivity contribution in [2.24, 2.45) is 0 Å². The molecular weight excluding hydrogens is 725 g/mol. The molecule has 0 atom stereocenters. The minimum Gasteiger partial charge on any atom is -0.276 e. The van der Waals surface area contributed by atoms with Crippen LogP contribution in [0.25, 0.3) is 114 Å². The van der Waals surface area contributed by atoms with Gasteiger partial charge in [-0.15, -0.1) is 11.3 Å². The highest BCUT2D eigenvalue weighted by Gasteiger charge is 2.25. The van der Waals surface area contributed by atoms with Crippen LogP contribution < -0.4 is 0 Å². The summed E-state index contributed by atoms with van der Waals surface area (Å²) in [6, 6.07) is 59.0. The molecule has 0 unspecified atom stereocenters. The highest BCUT2D eigenvalue weighted by atomic mass is 32.1. The Balaban J connectivity index is 1.27. The van der Waals surface area contributed by atoms with E-state index in [-0.39, 0.29) is 5.41 Å². The molecule has 0 fully saturated rings. The summed E-state index contributed by atoms with van der Waals surface area (Å²) in [5, 5.41) is 15.2. The van der Waals surface area contributed by atoms with Gasteiger partial charge in [-0.05, 0) is 60.8 Å². The summed E-state index contributed by atoms with van der Waals surface area (Å²) in [6.07, 6.45) is 0. The van der Waals surface area contributed by atoms with Gasteiger partial charge < -0.3 is 0 Å². The second kappa shape index (κ2) is 12.3. The van der Waals surface area contributed by atoms with Gasteiger partial charge in [0.2, 0.25) is 5.95 Å². The number of thiophene rings is 1. The molecule has 58 heavy (non-hydrogen) atoms. The van der Waals surface area contributed by atoms with Gasteiger partial charge in [-0.25, -0.2) is 4.98 Å². The van der Waals surface area contributed by atoms with Crippen LogP contribution in [0.5, 0.6) is 0 Å². The van der Waals surface area contributed by atoms with Crippen molar-refractivity contribution in [1.82, 2.24) is 19.5 Å². The molecule has 3 aromatic heterocycles. The number of rotatable bonds is 3. The van der Waals surface area contributed by atoms with Crippen LogP contribution in [-0.2, 0) is 5.41 Å². The molecule has 0 amide bonds. The number of hydrogen-bond acceptors (Lipinski definition) is 4. The molecule has 3 heterocycles. The first-order chi connectivity index (χ1) is 28.4. The Kier molecular flexibility index (Phi) is 7.03. The summed E-state index contributed by atoms with van der Waals surface area (Å²) in [5.41, 5.74) is 5.45. The van der Waals surface area contributed by atoms with Crippen molar-refractivity contribution in [3.63, 3.8) is 0 Å². The third-order valence-electron chi connectivity index (χ3n) is 12.0. The van der Waals surface area contributed by atoms with E-state index in [1.165, 1.54) is 79.6 Å². The number of benzene rings is 9. The summed E-state index contributed by atoms with van der Waals surface area (Å²) in [5.74, 6) is 1.89. The number of hydrogen-bond donors (Lipinski definition) is 0. The maximum Gasteiger partial charge on any atom is 0.238 e. The summed E-state index contributed by atoms with van der Waals surface area (Å²) in [7, 11) is 0. The Labute approximate surface area is 338 Å². The zero-order valence-corrected chi connectivity index (χ0v) is 33.1. The molecule has 0 saturated heterocycles. The van der Waals surface area contributed by atoms with Crippen LogP contribution in [0.2, 0.25) is 0 Å². The molecule has 0 aliphatic carbocycles. The third-order valence-corrected chi connectivity index (χ3v) is 13.2. The molecule has 274 valence electrons. The van der Waals surface area contributed by atoms with E-state index in [4.69, 9.17) is 15.0 Å². The molecule has 0 spiro atoms. The quantitative estimate of drug-likeness (QED) is 0.168. The van der Waals surface area contributed by atoms with E-state index in [2.05, 4.69) is 153 Å².